The van der Waals surface area contributed by atoms with Gasteiger partial charge in [-0.25, -0.2) is 0 Å². The quantitative estimate of drug-likeness (QED) is 0.739. The fourth-order valence-corrected chi connectivity index (χ4v) is 4.90. The van der Waals surface area contributed by atoms with E-state index in [-0.39, 0.29) is 0 Å². The highest BCUT2D eigenvalue weighted by molar-refractivity contribution is 5.37. The van der Waals surface area contributed by atoms with Crippen LogP contribution in [0.1, 0.15) is 76.0 Å². The van der Waals surface area contributed by atoms with Crippen LogP contribution in [0.4, 0.5) is 0 Å². The number of likely N-dealkylation sites (tertiary alicyclic amines) is 1. The Bertz CT molecular complexity index is 509. The first-order valence-corrected chi connectivity index (χ1v) is 8.43. The molecule has 0 amide bonds. The van der Waals surface area contributed by atoms with Crippen molar-refractivity contribution >= 4 is 0 Å². The third kappa shape index (κ3) is 1.94. The van der Waals surface area contributed by atoms with Gasteiger partial charge in [0.2, 0.25) is 0 Å². The monoisotopic (exact) mass is 269 g/mol. The molecule has 1 heteroatoms. The summed E-state index contributed by atoms with van der Waals surface area (Å²) in [6.45, 7) is 7.21. The molecule has 2 bridgehead atoms. The van der Waals surface area contributed by atoms with Crippen LogP contribution < -0.4 is 0 Å². The number of hydrogen-bond donors (Lipinski definition) is 0. The van der Waals surface area contributed by atoms with Crippen molar-refractivity contribution in [2.45, 2.75) is 76.4 Å². The third-order valence-corrected chi connectivity index (χ3v) is 5.69. The molecule has 2 saturated carbocycles. The minimum atomic E-state index is 0.293. The van der Waals surface area contributed by atoms with Crippen LogP contribution in [-0.4, -0.2) is 16.5 Å². The Labute approximate surface area is 123 Å². The predicted octanol–water partition coefficient (Wildman–Crippen LogP) is 4.89. The Morgan fingerprint density at radius 3 is 2.30 bits per heavy atom. The van der Waals surface area contributed by atoms with Crippen molar-refractivity contribution in [3.63, 3.8) is 0 Å². The van der Waals surface area contributed by atoms with Crippen molar-refractivity contribution in [3.05, 3.63) is 35.4 Å². The molecule has 0 spiro atoms. The summed E-state index contributed by atoms with van der Waals surface area (Å²) >= 11 is 0. The molecule has 4 rings (SSSR count). The smallest absolute Gasteiger partial charge is 0.0387 e. The van der Waals surface area contributed by atoms with Crippen molar-refractivity contribution < 1.29 is 0 Å². The lowest BCUT2D eigenvalue weighted by Gasteiger charge is -2.45. The molecule has 3 atom stereocenters. The summed E-state index contributed by atoms with van der Waals surface area (Å²) in [4.78, 5) is 2.85. The number of nitrogens with zero attached hydrogens (tertiary/aromatic N) is 1. The highest BCUT2D eigenvalue weighted by Crippen LogP contribution is 2.55. The van der Waals surface area contributed by atoms with Crippen molar-refractivity contribution in [2.24, 2.45) is 5.92 Å². The lowest BCUT2D eigenvalue weighted by atomic mass is 9.85. The predicted molar refractivity (Wildman–Crippen MR) is 83.9 cm³/mol. The van der Waals surface area contributed by atoms with E-state index in [4.69, 9.17) is 0 Å². The van der Waals surface area contributed by atoms with Crippen molar-refractivity contribution in [3.8, 4) is 0 Å². The summed E-state index contributed by atoms with van der Waals surface area (Å²) in [5.74, 6) is 1.77. The highest BCUT2D eigenvalue weighted by Gasteiger charge is 2.51. The molecule has 0 radical (unpaired) electrons. The highest BCUT2D eigenvalue weighted by atomic mass is 15.3. The Morgan fingerprint density at radius 2 is 1.65 bits per heavy atom. The summed E-state index contributed by atoms with van der Waals surface area (Å²) in [6, 6.07) is 10.8. The second-order valence-electron chi connectivity index (χ2n) is 8.15. The first-order valence-electron chi connectivity index (χ1n) is 8.43. The molecule has 1 heterocycles. The van der Waals surface area contributed by atoms with Gasteiger partial charge in [-0.05, 0) is 75.8 Å². The maximum atomic E-state index is 2.85. The molecule has 108 valence electrons. The fourth-order valence-electron chi connectivity index (χ4n) is 4.90. The van der Waals surface area contributed by atoms with Crippen LogP contribution in [-0.2, 0) is 0 Å². The van der Waals surface area contributed by atoms with Gasteiger partial charge in [-0.15, -0.1) is 0 Å². The van der Waals surface area contributed by atoms with Crippen molar-refractivity contribution in [1.29, 1.82) is 0 Å². The van der Waals surface area contributed by atoms with Crippen LogP contribution in [0.2, 0.25) is 0 Å². The van der Waals surface area contributed by atoms with E-state index in [0.29, 0.717) is 11.6 Å². The largest absolute Gasteiger partial charge is 0.288 e. The topological polar surface area (TPSA) is 3.24 Å². The molecule has 0 N–H and O–H groups in total. The Hall–Kier alpha value is -0.820. The normalized spacial score (nSPS) is 33.9. The standard InChI is InChI=1S/C19H27N/c1-19(2,3)20-15-11-10-14(12-15)18(20)17-7-5-4-6-16(17)13-8-9-13/h4-7,13-15,18H,8-12H2,1-3H3. The molecule has 3 unspecified atom stereocenters. The minimum Gasteiger partial charge on any atom is -0.288 e. The molecule has 0 aromatic heterocycles. The number of hydrogen-bond acceptors (Lipinski definition) is 1. The van der Waals surface area contributed by atoms with E-state index < -0.39 is 0 Å². The minimum absolute atomic E-state index is 0.293. The van der Waals surface area contributed by atoms with Gasteiger partial charge in [-0.3, -0.25) is 4.90 Å². The molecular weight excluding hydrogens is 242 g/mol. The van der Waals surface area contributed by atoms with E-state index in [1.165, 1.54) is 32.1 Å². The van der Waals surface area contributed by atoms with Crippen LogP contribution in [0.5, 0.6) is 0 Å². The number of benzene rings is 1. The van der Waals surface area contributed by atoms with Gasteiger partial charge < -0.3 is 0 Å². The lowest BCUT2D eigenvalue weighted by Crippen LogP contribution is -2.48. The SMILES string of the molecule is CC(C)(C)N1C2CCC(C2)C1c1ccccc1C1CC1. The first-order chi connectivity index (χ1) is 9.55. The zero-order valence-electron chi connectivity index (χ0n) is 13.1. The summed E-state index contributed by atoms with van der Waals surface area (Å²) in [5, 5.41) is 0. The maximum Gasteiger partial charge on any atom is 0.0387 e. The lowest BCUT2D eigenvalue weighted by molar-refractivity contribution is 0.0418. The summed E-state index contributed by atoms with van der Waals surface area (Å²) in [6.07, 6.45) is 7.12. The molecule has 3 fully saturated rings. The van der Waals surface area contributed by atoms with E-state index in [0.717, 1.165) is 17.9 Å². The van der Waals surface area contributed by atoms with Gasteiger partial charge in [0.25, 0.3) is 0 Å². The van der Waals surface area contributed by atoms with Gasteiger partial charge in [-0.2, -0.15) is 0 Å². The Balaban J connectivity index is 1.76. The zero-order chi connectivity index (χ0) is 13.9. The second kappa shape index (κ2) is 4.34. The first kappa shape index (κ1) is 12.9. The number of rotatable bonds is 2. The van der Waals surface area contributed by atoms with Crippen LogP contribution >= 0.6 is 0 Å². The van der Waals surface area contributed by atoms with Crippen LogP contribution in [0.15, 0.2) is 24.3 Å². The van der Waals surface area contributed by atoms with E-state index in [1.807, 2.05) is 0 Å². The molecule has 1 nitrogen and oxygen atoms in total. The van der Waals surface area contributed by atoms with Gasteiger partial charge in [-0.1, -0.05) is 24.3 Å². The van der Waals surface area contributed by atoms with Gasteiger partial charge in [0, 0.05) is 17.6 Å². The molecule has 1 aromatic carbocycles. The van der Waals surface area contributed by atoms with Gasteiger partial charge in [0.1, 0.15) is 0 Å². The number of piperidine rings is 1. The van der Waals surface area contributed by atoms with E-state index in [1.54, 1.807) is 11.1 Å². The molecule has 1 saturated heterocycles. The van der Waals surface area contributed by atoms with E-state index in [9.17, 15) is 0 Å². The summed E-state index contributed by atoms with van der Waals surface area (Å²) in [5.41, 5.74) is 3.62. The van der Waals surface area contributed by atoms with Crippen LogP contribution in [0.25, 0.3) is 0 Å². The third-order valence-electron chi connectivity index (χ3n) is 5.69. The molecular formula is C19H27N. The molecule has 1 aromatic rings. The number of fused-ring (bicyclic) bond motifs is 2. The van der Waals surface area contributed by atoms with Crippen LogP contribution in [0.3, 0.4) is 0 Å². The molecule has 3 aliphatic rings. The molecule has 1 aliphatic heterocycles. The van der Waals surface area contributed by atoms with Crippen molar-refractivity contribution in [1.82, 2.24) is 4.90 Å². The van der Waals surface area contributed by atoms with Gasteiger partial charge in [0.15, 0.2) is 0 Å². The Kier molecular flexibility index (Phi) is 2.79. The summed E-state index contributed by atoms with van der Waals surface area (Å²) < 4.78 is 0. The van der Waals surface area contributed by atoms with Gasteiger partial charge >= 0.3 is 0 Å². The second-order valence-corrected chi connectivity index (χ2v) is 8.15. The van der Waals surface area contributed by atoms with Crippen LogP contribution in [0, 0.1) is 5.92 Å². The summed E-state index contributed by atoms with van der Waals surface area (Å²) in [7, 11) is 0. The average Bonchev–Trinajstić information content (AvgIpc) is 3.05. The van der Waals surface area contributed by atoms with Crippen molar-refractivity contribution in [2.75, 3.05) is 0 Å². The molecule has 2 aliphatic carbocycles. The molecule has 20 heavy (non-hydrogen) atoms. The Morgan fingerprint density at radius 1 is 0.950 bits per heavy atom. The van der Waals surface area contributed by atoms with E-state index >= 15 is 0 Å². The zero-order valence-corrected chi connectivity index (χ0v) is 13.1. The average molecular weight is 269 g/mol. The van der Waals surface area contributed by atoms with Gasteiger partial charge in [0.05, 0.1) is 0 Å². The maximum absolute atomic E-state index is 2.85. The fraction of sp³-hybridized carbons (Fsp3) is 0.684. The van der Waals surface area contributed by atoms with E-state index in [2.05, 4.69) is 49.9 Å².